The molecule has 0 aliphatic carbocycles. The van der Waals surface area contributed by atoms with E-state index in [0.717, 1.165) is 5.56 Å². The first-order valence-electron chi connectivity index (χ1n) is 7.51. The minimum Gasteiger partial charge on any atom is -0.366 e. The van der Waals surface area contributed by atoms with Gasteiger partial charge in [0.1, 0.15) is 5.25 Å². The Morgan fingerprint density at radius 3 is 2.54 bits per heavy atom. The third kappa shape index (κ3) is 4.52. The van der Waals surface area contributed by atoms with Crippen molar-refractivity contribution >= 4 is 28.3 Å². The second-order valence-corrected chi connectivity index (χ2v) is 7.29. The molecule has 5 nitrogen and oxygen atoms in total. The fourth-order valence-electron chi connectivity index (χ4n) is 2.17. The summed E-state index contributed by atoms with van der Waals surface area (Å²) in [4.78, 5) is 23.5. The molecule has 0 spiro atoms. The zero-order chi connectivity index (χ0) is 17.7. The molecule has 0 bridgehead atoms. The molecule has 2 rings (SSSR count). The molecule has 2 amide bonds. The van der Waals surface area contributed by atoms with E-state index in [2.05, 4.69) is 5.32 Å². The number of benzene rings is 2. The van der Waals surface area contributed by atoms with Crippen molar-refractivity contribution in [3.8, 4) is 0 Å². The molecule has 2 atom stereocenters. The normalized spacial score (nSPS) is 13.1. The zero-order valence-electron chi connectivity index (χ0n) is 13.6. The average molecular weight is 344 g/mol. The lowest BCUT2D eigenvalue weighted by atomic mass is 10.1. The van der Waals surface area contributed by atoms with Crippen molar-refractivity contribution in [3.05, 3.63) is 65.2 Å². The van der Waals surface area contributed by atoms with Crippen LogP contribution >= 0.6 is 0 Å². The van der Waals surface area contributed by atoms with Crippen LogP contribution in [0.3, 0.4) is 0 Å². The van der Waals surface area contributed by atoms with Crippen LogP contribution in [0.1, 0.15) is 28.4 Å². The van der Waals surface area contributed by atoms with Crippen LogP contribution in [-0.2, 0) is 21.3 Å². The summed E-state index contributed by atoms with van der Waals surface area (Å²) in [5.41, 5.74) is 7.97. The van der Waals surface area contributed by atoms with Crippen LogP contribution in [0.15, 0.2) is 48.5 Å². The van der Waals surface area contributed by atoms with Gasteiger partial charge in [-0.25, -0.2) is 0 Å². The van der Waals surface area contributed by atoms with E-state index in [1.165, 1.54) is 0 Å². The first-order valence-corrected chi connectivity index (χ1v) is 8.89. The van der Waals surface area contributed by atoms with E-state index in [9.17, 15) is 13.8 Å². The van der Waals surface area contributed by atoms with Crippen LogP contribution in [0.5, 0.6) is 0 Å². The van der Waals surface area contributed by atoms with E-state index < -0.39 is 22.0 Å². The van der Waals surface area contributed by atoms with E-state index in [-0.39, 0.29) is 11.7 Å². The molecule has 2 aromatic carbocycles. The van der Waals surface area contributed by atoms with Gasteiger partial charge in [-0.2, -0.15) is 0 Å². The Balaban J connectivity index is 2.04. The highest BCUT2D eigenvalue weighted by molar-refractivity contribution is 7.85. The van der Waals surface area contributed by atoms with Crippen LogP contribution in [0.4, 0.5) is 5.69 Å². The standard InChI is InChI=1S/C18H20N2O3S/c1-12-6-3-4-9-16(12)20-18(22)13(2)24(23)11-14-7-5-8-15(10-14)17(19)21/h3-10,13H,11H2,1-2H3,(H2,19,21)(H,20,22)/t13-,24+/m0/s1. The van der Waals surface area contributed by atoms with Gasteiger partial charge in [-0.3, -0.25) is 13.8 Å². The Bertz CT molecular complexity index is 789. The van der Waals surface area contributed by atoms with Gasteiger partial charge in [0.2, 0.25) is 11.8 Å². The van der Waals surface area contributed by atoms with Gasteiger partial charge in [-0.15, -0.1) is 0 Å². The van der Waals surface area contributed by atoms with Crippen molar-refractivity contribution in [1.82, 2.24) is 0 Å². The van der Waals surface area contributed by atoms with Crippen molar-refractivity contribution in [1.29, 1.82) is 0 Å². The fourth-order valence-corrected chi connectivity index (χ4v) is 3.23. The quantitative estimate of drug-likeness (QED) is 0.843. The highest BCUT2D eigenvalue weighted by atomic mass is 32.2. The van der Waals surface area contributed by atoms with Crippen LogP contribution in [-0.4, -0.2) is 21.3 Å². The summed E-state index contributed by atoms with van der Waals surface area (Å²) in [7, 11) is -1.41. The average Bonchev–Trinajstić information content (AvgIpc) is 2.56. The molecule has 0 unspecified atom stereocenters. The van der Waals surface area contributed by atoms with Gasteiger partial charge >= 0.3 is 0 Å². The van der Waals surface area contributed by atoms with E-state index in [4.69, 9.17) is 5.73 Å². The van der Waals surface area contributed by atoms with Gasteiger partial charge in [0, 0.05) is 27.8 Å². The fraction of sp³-hybridized carbons (Fsp3) is 0.222. The minimum atomic E-state index is -1.41. The largest absolute Gasteiger partial charge is 0.366 e. The van der Waals surface area contributed by atoms with Gasteiger partial charge in [0.25, 0.3) is 0 Å². The molecule has 0 aliphatic rings. The number of aryl methyl sites for hydroxylation is 1. The maximum absolute atomic E-state index is 12.4. The Morgan fingerprint density at radius 1 is 1.17 bits per heavy atom. The summed E-state index contributed by atoms with van der Waals surface area (Å²) in [6.07, 6.45) is 0. The number of para-hydroxylation sites is 1. The Morgan fingerprint density at radius 2 is 1.88 bits per heavy atom. The molecule has 3 N–H and O–H groups in total. The summed E-state index contributed by atoms with van der Waals surface area (Å²) < 4.78 is 12.4. The number of hydrogen-bond acceptors (Lipinski definition) is 3. The van der Waals surface area contributed by atoms with E-state index in [1.807, 2.05) is 25.1 Å². The van der Waals surface area contributed by atoms with Crippen molar-refractivity contribution in [2.75, 3.05) is 5.32 Å². The molecule has 6 heteroatoms. The maximum atomic E-state index is 12.4. The summed E-state index contributed by atoms with van der Waals surface area (Å²) in [5, 5.41) is 2.12. The summed E-state index contributed by atoms with van der Waals surface area (Å²) >= 11 is 0. The summed E-state index contributed by atoms with van der Waals surface area (Å²) in [5.74, 6) is -0.648. The third-order valence-electron chi connectivity index (χ3n) is 3.69. The molecule has 2 aromatic rings. The van der Waals surface area contributed by atoms with Gasteiger partial charge in [0.05, 0.1) is 0 Å². The van der Waals surface area contributed by atoms with Gasteiger partial charge < -0.3 is 11.1 Å². The van der Waals surface area contributed by atoms with Gasteiger partial charge in [-0.1, -0.05) is 30.3 Å². The lowest BCUT2D eigenvalue weighted by molar-refractivity contribution is -0.115. The second kappa shape index (κ2) is 7.88. The van der Waals surface area contributed by atoms with E-state index >= 15 is 0 Å². The predicted molar refractivity (Wildman–Crippen MR) is 96.1 cm³/mol. The molecule has 24 heavy (non-hydrogen) atoms. The minimum absolute atomic E-state index is 0.184. The second-order valence-electron chi connectivity index (χ2n) is 5.54. The molecule has 0 saturated carbocycles. The third-order valence-corrected chi connectivity index (χ3v) is 5.31. The Hall–Kier alpha value is -2.47. The van der Waals surface area contributed by atoms with Crippen LogP contribution < -0.4 is 11.1 Å². The summed E-state index contributed by atoms with van der Waals surface area (Å²) in [6.45, 7) is 3.52. The molecule has 0 aliphatic heterocycles. The highest BCUT2D eigenvalue weighted by Gasteiger charge is 2.21. The smallest absolute Gasteiger partial charge is 0.248 e. The van der Waals surface area contributed by atoms with Gasteiger partial charge in [-0.05, 0) is 43.2 Å². The molecule has 0 radical (unpaired) electrons. The Kier molecular flexibility index (Phi) is 5.87. The first-order chi connectivity index (χ1) is 11.4. The number of anilines is 1. The number of nitrogens with one attached hydrogen (secondary N) is 1. The number of primary amides is 1. The SMILES string of the molecule is Cc1ccccc1NC(=O)[C@H](C)[S@](=O)Cc1cccc(C(N)=O)c1. The van der Waals surface area contributed by atoms with E-state index in [1.54, 1.807) is 37.3 Å². The van der Waals surface area contributed by atoms with Crippen molar-refractivity contribution < 1.29 is 13.8 Å². The number of carbonyl (C=O) groups excluding carboxylic acids is 2. The van der Waals surface area contributed by atoms with Crippen LogP contribution in [0.25, 0.3) is 0 Å². The number of nitrogens with two attached hydrogens (primary N) is 1. The topological polar surface area (TPSA) is 89.3 Å². The van der Waals surface area contributed by atoms with Gasteiger partial charge in [0.15, 0.2) is 0 Å². The van der Waals surface area contributed by atoms with Crippen molar-refractivity contribution in [3.63, 3.8) is 0 Å². The van der Waals surface area contributed by atoms with E-state index in [0.29, 0.717) is 16.8 Å². The predicted octanol–water partition coefficient (Wildman–Crippen LogP) is 2.37. The Labute approximate surface area is 143 Å². The number of amides is 2. The van der Waals surface area contributed by atoms with Crippen molar-refractivity contribution in [2.45, 2.75) is 24.9 Å². The molecule has 0 fully saturated rings. The van der Waals surface area contributed by atoms with Crippen LogP contribution in [0, 0.1) is 6.92 Å². The molecular weight excluding hydrogens is 324 g/mol. The lowest BCUT2D eigenvalue weighted by Crippen LogP contribution is -2.30. The first kappa shape index (κ1) is 17.9. The number of rotatable bonds is 6. The molecule has 0 heterocycles. The molecule has 0 saturated heterocycles. The van der Waals surface area contributed by atoms with Crippen molar-refractivity contribution in [2.24, 2.45) is 5.73 Å². The number of carbonyl (C=O) groups is 2. The number of hydrogen-bond donors (Lipinski definition) is 2. The van der Waals surface area contributed by atoms with Crippen LogP contribution in [0.2, 0.25) is 0 Å². The maximum Gasteiger partial charge on any atom is 0.248 e. The highest BCUT2D eigenvalue weighted by Crippen LogP contribution is 2.15. The molecular formula is C18H20N2O3S. The molecule has 126 valence electrons. The summed E-state index contributed by atoms with van der Waals surface area (Å²) in [6, 6.07) is 14.1. The monoisotopic (exact) mass is 344 g/mol. The zero-order valence-corrected chi connectivity index (χ0v) is 14.4. The molecule has 0 aromatic heterocycles. The lowest BCUT2D eigenvalue weighted by Gasteiger charge is -2.14.